The lowest BCUT2D eigenvalue weighted by Crippen LogP contribution is -2.67. The quantitative estimate of drug-likeness (QED) is 0.158. The molecule has 2 atom stereocenters. The van der Waals surface area contributed by atoms with Crippen molar-refractivity contribution in [3.63, 3.8) is 0 Å². The summed E-state index contributed by atoms with van der Waals surface area (Å²) in [7, 11) is 0. The Morgan fingerprint density at radius 1 is 1.12 bits per heavy atom. The van der Waals surface area contributed by atoms with Gasteiger partial charge in [-0.25, -0.2) is 0 Å². The van der Waals surface area contributed by atoms with Crippen LogP contribution in [0, 0.1) is 0 Å². The minimum Gasteiger partial charge on any atom is -0.491 e. The molecule has 0 aromatic carbocycles. The van der Waals surface area contributed by atoms with Crippen molar-refractivity contribution in [1.82, 2.24) is 5.06 Å². The maximum absolute atomic E-state index is 6.52. The number of epoxide rings is 1. The fourth-order valence-corrected chi connectivity index (χ4v) is 4.56. The lowest BCUT2D eigenvalue weighted by atomic mass is 9.77. The van der Waals surface area contributed by atoms with Gasteiger partial charge in [0.05, 0.1) is 6.61 Å². The van der Waals surface area contributed by atoms with Crippen LogP contribution in [0.2, 0.25) is 0 Å². The van der Waals surface area contributed by atoms with Crippen molar-refractivity contribution >= 4 is 0 Å². The van der Waals surface area contributed by atoms with Crippen LogP contribution in [0.25, 0.3) is 0 Å². The van der Waals surface area contributed by atoms with E-state index in [1.54, 1.807) is 0 Å². The number of rotatable bonds is 13. The van der Waals surface area contributed by atoms with E-state index >= 15 is 0 Å². The van der Waals surface area contributed by atoms with E-state index in [-0.39, 0.29) is 23.3 Å². The Labute approximate surface area is 195 Å². The third-order valence-electron chi connectivity index (χ3n) is 5.85. The summed E-state index contributed by atoms with van der Waals surface area (Å²) in [6, 6.07) is 0. The van der Waals surface area contributed by atoms with Crippen molar-refractivity contribution in [3.05, 3.63) is 36.1 Å². The number of hydroxylamine groups is 2. The van der Waals surface area contributed by atoms with Gasteiger partial charge in [0.15, 0.2) is 5.79 Å². The van der Waals surface area contributed by atoms with Crippen molar-refractivity contribution in [3.8, 4) is 0 Å². The molecule has 2 saturated heterocycles. The van der Waals surface area contributed by atoms with Gasteiger partial charge in [0.1, 0.15) is 24.6 Å². The number of ether oxygens (including phenoxy) is 4. The molecule has 0 aromatic rings. The van der Waals surface area contributed by atoms with Crippen molar-refractivity contribution in [1.29, 1.82) is 0 Å². The Kier molecular flexibility index (Phi) is 9.56. The van der Waals surface area contributed by atoms with Gasteiger partial charge in [-0.2, -0.15) is 5.06 Å². The van der Waals surface area contributed by atoms with Crippen LogP contribution in [0.3, 0.4) is 0 Å². The topological polar surface area (TPSA) is 52.7 Å². The summed E-state index contributed by atoms with van der Waals surface area (Å²) >= 11 is 0. The van der Waals surface area contributed by atoms with Gasteiger partial charge in [-0.05, 0) is 72.6 Å². The lowest BCUT2D eigenvalue weighted by molar-refractivity contribution is -0.362. The van der Waals surface area contributed by atoms with Crippen molar-refractivity contribution in [2.24, 2.45) is 0 Å². The summed E-state index contributed by atoms with van der Waals surface area (Å²) in [5.74, 6) is 0.211. The second-order valence-corrected chi connectivity index (χ2v) is 10.1. The van der Waals surface area contributed by atoms with E-state index in [2.05, 4.69) is 46.3 Å². The highest BCUT2D eigenvalue weighted by molar-refractivity contribution is 5.25. The third-order valence-corrected chi connectivity index (χ3v) is 5.85. The van der Waals surface area contributed by atoms with Crippen LogP contribution in [0.5, 0.6) is 0 Å². The normalized spacial score (nSPS) is 25.6. The summed E-state index contributed by atoms with van der Waals surface area (Å²) < 4.78 is 23.5. The molecule has 32 heavy (non-hydrogen) atoms. The van der Waals surface area contributed by atoms with E-state index in [9.17, 15) is 0 Å². The summed E-state index contributed by atoms with van der Waals surface area (Å²) in [5.41, 5.74) is 0.307. The predicted octanol–water partition coefficient (Wildman–Crippen LogP) is 5.55. The van der Waals surface area contributed by atoms with Gasteiger partial charge in [-0.1, -0.05) is 19.6 Å². The van der Waals surface area contributed by atoms with E-state index in [1.807, 2.05) is 39.0 Å². The van der Waals surface area contributed by atoms with Crippen molar-refractivity contribution < 1.29 is 23.8 Å². The molecule has 2 unspecified atom stereocenters. The molecule has 0 bridgehead atoms. The Hall–Kier alpha value is -1.18. The summed E-state index contributed by atoms with van der Waals surface area (Å²) in [6.45, 7) is 23.8. The second-order valence-electron chi connectivity index (χ2n) is 10.1. The van der Waals surface area contributed by atoms with Crippen LogP contribution < -0.4 is 0 Å². The highest BCUT2D eigenvalue weighted by Gasteiger charge is 2.55. The molecular formula is C26H45NO5. The molecule has 2 fully saturated rings. The molecule has 0 amide bonds. The summed E-state index contributed by atoms with van der Waals surface area (Å²) in [6.07, 6.45) is 8.31. The molecule has 184 valence electrons. The molecule has 0 spiro atoms. The maximum Gasteiger partial charge on any atom is 0.171 e. The fourth-order valence-electron chi connectivity index (χ4n) is 4.56. The van der Waals surface area contributed by atoms with Crippen LogP contribution >= 0.6 is 0 Å². The van der Waals surface area contributed by atoms with Crippen molar-refractivity contribution in [2.75, 3.05) is 26.4 Å². The minimum atomic E-state index is -0.596. The largest absolute Gasteiger partial charge is 0.491 e. The summed E-state index contributed by atoms with van der Waals surface area (Å²) in [4.78, 5) is 6.52. The molecular weight excluding hydrogens is 406 g/mol. The highest BCUT2D eigenvalue weighted by Crippen LogP contribution is 2.46. The Balaban J connectivity index is 2.06. The Morgan fingerprint density at radius 2 is 1.75 bits per heavy atom. The van der Waals surface area contributed by atoms with Crippen LogP contribution in [0.4, 0.5) is 0 Å². The van der Waals surface area contributed by atoms with Gasteiger partial charge in [0.2, 0.25) is 0 Å². The molecule has 0 saturated carbocycles. The predicted molar refractivity (Wildman–Crippen MR) is 128 cm³/mol. The zero-order valence-corrected chi connectivity index (χ0v) is 21.5. The van der Waals surface area contributed by atoms with Crippen molar-refractivity contribution in [2.45, 2.75) is 104 Å². The monoisotopic (exact) mass is 451 g/mol. The highest BCUT2D eigenvalue weighted by atomic mass is 16.7. The Morgan fingerprint density at radius 3 is 2.25 bits per heavy atom. The average molecular weight is 452 g/mol. The molecule has 6 heteroatoms. The number of allylic oxidation sites excluding steroid dienone is 2. The van der Waals surface area contributed by atoms with E-state index in [4.69, 9.17) is 23.8 Å². The van der Waals surface area contributed by atoms with E-state index < -0.39 is 5.79 Å². The van der Waals surface area contributed by atoms with Gasteiger partial charge in [-0.3, -0.25) is 4.84 Å². The van der Waals surface area contributed by atoms with Crippen LogP contribution in [0.1, 0.15) is 74.7 Å². The molecule has 2 rings (SSSR count). The zero-order valence-electron chi connectivity index (χ0n) is 21.5. The first-order chi connectivity index (χ1) is 15.0. The van der Waals surface area contributed by atoms with E-state index in [0.717, 1.165) is 37.2 Å². The number of hydrogen-bond acceptors (Lipinski definition) is 6. The molecule has 2 aliphatic heterocycles. The first-order valence-corrected chi connectivity index (χ1v) is 12.0. The number of nitrogens with zero attached hydrogens (tertiary/aromatic N) is 1. The smallest absolute Gasteiger partial charge is 0.171 e. The van der Waals surface area contributed by atoms with E-state index in [0.29, 0.717) is 19.8 Å². The SMILES string of the molecule is C=C(/C=C\C(=C/C)OCC1CO1)C(C)ON1C(C)(C)CC(OCC)(OCCC)CC1(C)C. The lowest BCUT2D eigenvalue weighted by Gasteiger charge is -2.58. The van der Waals surface area contributed by atoms with E-state index in [1.165, 1.54) is 0 Å². The van der Waals surface area contributed by atoms with Gasteiger partial charge in [-0.15, -0.1) is 0 Å². The number of piperidine rings is 1. The fraction of sp³-hybridized carbons (Fsp3) is 0.769. The molecule has 0 radical (unpaired) electrons. The Bertz CT molecular complexity index is 660. The molecule has 0 aliphatic carbocycles. The minimum absolute atomic E-state index is 0.189. The van der Waals surface area contributed by atoms with Gasteiger partial charge >= 0.3 is 0 Å². The molecule has 0 aromatic heterocycles. The van der Waals surface area contributed by atoms with Gasteiger partial charge in [0, 0.05) is 37.1 Å². The zero-order chi connectivity index (χ0) is 24.0. The second kappa shape index (κ2) is 11.3. The third kappa shape index (κ3) is 7.42. The average Bonchev–Trinajstić information content (AvgIpc) is 3.53. The summed E-state index contributed by atoms with van der Waals surface area (Å²) in [5, 5.41) is 2.12. The number of hydrogen-bond donors (Lipinski definition) is 0. The van der Waals surface area contributed by atoms with Crippen LogP contribution in [0.15, 0.2) is 36.1 Å². The van der Waals surface area contributed by atoms with Gasteiger partial charge in [0.25, 0.3) is 0 Å². The molecule has 6 nitrogen and oxygen atoms in total. The molecule has 0 N–H and O–H groups in total. The van der Waals surface area contributed by atoms with Crippen LogP contribution in [-0.2, 0) is 23.8 Å². The first-order valence-electron chi connectivity index (χ1n) is 12.0. The van der Waals surface area contributed by atoms with Gasteiger partial charge < -0.3 is 18.9 Å². The molecule has 2 aliphatic rings. The first kappa shape index (κ1) is 27.1. The van der Waals surface area contributed by atoms with Crippen LogP contribution in [-0.4, -0.2) is 60.6 Å². The molecule has 2 heterocycles. The maximum atomic E-state index is 6.52. The standard InChI is InChI=1S/C26H45NO5/c1-10-15-31-26(30-12-3)18-24(6,7)27(25(8,9)19-26)32-21(5)20(4)13-14-22(11-2)28-16-23-17-29-23/h11,13-14,21,23H,4,10,12,15-19H2,1-3,5-9H3/b14-13-,22-11+.